The van der Waals surface area contributed by atoms with Crippen LogP contribution >= 0.6 is 0 Å². The Hall–Kier alpha value is -2.56. The number of carboxylic acid groups (broad SMARTS) is 1. The van der Waals surface area contributed by atoms with E-state index in [9.17, 15) is 9.90 Å². The molecule has 5 nitrogen and oxygen atoms in total. The van der Waals surface area contributed by atoms with Crippen molar-refractivity contribution in [2.75, 3.05) is 0 Å². The third-order valence-corrected chi connectivity index (χ3v) is 3.27. The second kappa shape index (κ2) is 3.98. The number of nitrogens with zero attached hydrogens (tertiary/aromatic N) is 3. The van der Waals surface area contributed by atoms with Gasteiger partial charge in [-0.15, -0.1) is 0 Å². The molecule has 0 aliphatic heterocycles. The first kappa shape index (κ1) is 11.5. The quantitative estimate of drug-likeness (QED) is 0.764. The second-order valence-electron chi connectivity index (χ2n) is 4.59. The zero-order valence-electron chi connectivity index (χ0n) is 10.7. The fraction of sp³-hybridized carbons (Fsp3) is 0.143. The van der Waals surface area contributed by atoms with Crippen molar-refractivity contribution >= 4 is 16.9 Å². The highest BCUT2D eigenvalue weighted by Gasteiger charge is 2.14. The number of aromatic carboxylic acids is 1. The maximum Gasteiger partial charge on any atom is 0.336 e. The van der Waals surface area contributed by atoms with Crippen molar-refractivity contribution in [1.29, 1.82) is 0 Å². The summed E-state index contributed by atoms with van der Waals surface area (Å²) in [5, 5.41) is 14.2. The van der Waals surface area contributed by atoms with Crippen LogP contribution in [0, 0.1) is 0 Å². The number of hydrogen-bond acceptors (Lipinski definition) is 2. The summed E-state index contributed by atoms with van der Waals surface area (Å²) in [5.74, 6) is -0.915. The summed E-state index contributed by atoms with van der Waals surface area (Å²) in [6, 6.07) is 5.51. The van der Waals surface area contributed by atoms with Crippen molar-refractivity contribution < 1.29 is 9.90 Å². The molecule has 0 atom stereocenters. The zero-order chi connectivity index (χ0) is 13.6. The fourth-order valence-corrected chi connectivity index (χ4v) is 2.29. The van der Waals surface area contributed by atoms with Gasteiger partial charge < -0.3 is 9.67 Å². The summed E-state index contributed by atoms with van der Waals surface area (Å²) in [5.41, 5.74) is 2.99. The summed E-state index contributed by atoms with van der Waals surface area (Å²) < 4.78 is 3.62. The van der Waals surface area contributed by atoms with E-state index in [1.54, 1.807) is 16.9 Å². The number of benzene rings is 1. The van der Waals surface area contributed by atoms with E-state index in [1.165, 1.54) is 0 Å². The molecule has 3 aromatic rings. The van der Waals surface area contributed by atoms with Crippen LogP contribution in [-0.2, 0) is 14.1 Å². The smallest absolute Gasteiger partial charge is 0.336 e. The van der Waals surface area contributed by atoms with E-state index >= 15 is 0 Å². The highest BCUT2D eigenvalue weighted by atomic mass is 16.4. The molecule has 2 aromatic heterocycles. The average Bonchev–Trinajstić information content (AvgIpc) is 2.95. The van der Waals surface area contributed by atoms with Gasteiger partial charge in [-0.2, -0.15) is 5.10 Å². The molecule has 0 bridgehead atoms. The molecule has 1 aromatic carbocycles. The van der Waals surface area contributed by atoms with Crippen LogP contribution in [0.1, 0.15) is 10.4 Å². The van der Waals surface area contributed by atoms with Gasteiger partial charge in [-0.1, -0.05) is 0 Å². The monoisotopic (exact) mass is 255 g/mol. The molecule has 0 aliphatic carbocycles. The predicted octanol–water partition coefficient (Wildman–Crippen LogP) is 2.28. The molecule has 0 amide bonds. The minimum atomic E-state index is -0.915. The fourth-order valence-electron chi connectivity index (χ4n) is 2.29. The van der Waals surface area contributed by atoms with Crippen molar-refractivity contribution in [2.24, 2.45) is 14.1 Å². The van der Waals surface area contributed by atoms with E-state index < -0.39 is 5.97 Å². The van der Waals surface area contributed by atoms with Gasteiger partial charge in [-0.3, -0.25) is 4.68 Å². The number of carboxylic acids is 1. The minimum Gasteiger partial charge on any atom is -0.478 e. The van der Waals surface area contributed by atoms with Gasteiger partial charge in [-0.05, 0) is 23.8 Å². The van der Waals surface area contributed by atoms with E-state index in [0.29, 0.717) is 5.56 Å². The average molecular weight is 255 g/mol. The second-order valence-corrected chi connectivity index (χ2v) is 4.59. The molecule has 0 radical (unpaired) electrons. The Morgan fingerprint density at radius 3 is 2.68 bits per heavy atom. The highest BCUT2D eigenvalue weighted by Crippen LogP contribution is 2.28. The summed E-state index contributed by atoms with van der Waals surface area (Å²) in [6.07, 6.45) is 5.47. The molecular weight excluding hydrogens is 242 g/mol. The molecule has 0 aliphatic rings. The van der Waals surface area contributed by atoms with Crippen LogP contribution in [-0.4, -0.2) is 25.4 Å². The third kappa shape index (κ3) is 1.79. The maximum absolute atomic E-state index is 11.4. The topological polar surface area (TPSA) is 60.1 Å². The van der Waals surface area contributed by atoms with Gasteiger partial charge in [0.05, 0.1) is 11.8 Å². The van der Waals surface area contributed by atoms with E-state index in [1.807, 2.05) is 43.2 Å². The van der Waals surface area contributed by atoms with E-state index in [2.05, 4.69) is 5.10 Å². The maximum atomic E-state index is 11.4. The SMILES string of the molecule is Cn1cc(-c2cc(C(=O)O)c3ccn(C)c3c2)cn1. The predicted molar refractivity (Wildman–Crippen MR) is 72.1 cm³/mol. The molecule has 2 heterocycles. The highest BCUT2D eigenvalue weighted by molar-refractivity contribution is 6.05. The number of carbonyl (C=O) groups is 1. The van der Waals surface area contributed by atoms with Gasteiger partial charge >= 0.3 is 5.97 Å². The molecule has 1 N–H and O–H groups in total. The van der Waals surface area contributed by atoms with Crippen LogP contribution in [0.5, 0.6) is 0 Å². The van der Waals surface area contributed by atoms with Crippen molar-refractivity contribution in [3.8, 4) is 11.1 Å². The van der Waals surface area contributed by atoms with Crippen LogP contribution < -0.4 is 0 Å². The zero-order valence-corrected chi connectivity index (χ0v) is 10.7. The lowest BCUT2D eigenvalue weighted by Gasteiger charge is -2.04. The van der Waals surface area contributed by atoms with Crippen LogP contribution in [0.2, 0.25) is 0 Å². The van der Waals surface area contributed by atoms with E-state index in [4.69, 9.17) is 0 Å². The third-order valence-electron chi connectivity index (χ3n) is 3.27. The molecule has 0 unspecified atom stereocenters. The molecule has 5 heteroatoms. The Kier molecular flexibility index (Phi) is 2.41. The summed E-state index contributed by atoms with van der Waals surface area (Å²) in [7, 11) is 3.74. The number of aromatic nitrogens is 3. The first-order valence-corrected chi connectivity index (χ1v) is 5.87. The van der Waals surface area contributed by atoms with Gasteiger partial charge in [0.1, 0.15) is 0 Å². The standard InChI is InChI=1S/C14H13N3O2/c1-16-4-3-11-12(14(18)19)5-9(6-13(11)16)10-7-15-17(2)8-10/h3-8H,1-2H3,(H,18,19). The van der Waals surface area contributed by atoms with Crippen LogP contribution in [0.15, 0.2) is 36.8 Å². The molecular formula is C14H13N3O2. The van der Waals surface area contributed by atoms with Crippen molar-refractivity contribution in [1.82, 2.24) is 14.3 Å². The lowest BCUT2D eigenvalue weighted by atomic mass is 10.0. The Labute approximate surface area is 109 Å². The van der Waals surface area contributed by atoms with Crippen LogP contribution in [0.3, 0.4) is 0 Å². The minimum absolute atomic E-state index is 0.317. The van der Waals surface area contributed by atoms with Gasteiger partial charge in [-0.25, -0.2) is 4.79 Å². The Bertz CT molecular complexity index is 783. The Morgan fingerprint density at radius 2 is 2.05 bits per heavy atom. The number of rotatable bonds is 2. The van der Waals surface area contributed by atoms with Gasteiger partial charge in [0.25, 0.3) is 0 Å². The van der Waals surface area contributed by atoms with E-state index in [0.717, 1.165) is 22.0 Å². The molecule has 0 saturated heterocycles. The molecule has 0 fully saturated rings. The largest absolute Gasteiger partial charge is 0.478 e. The van der Waals surface area contributed by atoms with Crippen molar-refractivity contribution in [3.63, 3.8) is 0 Å². The normalized spacial score (nSPS) is 11.1. The van der Waals surface area contributed by atoms with Gasteiger partial charge in [0, 0.05) is 43.0 Å². The lowest BCUT2D eigenvalue weighted by Crippen LogP contribution is -1.98. The molecule has 96 valence electrons. The number of hydrogen-bond donors (Lipinski definition) is 1. The summed E-state index contributed by atoms with van der Waals surface area (Å²) in [4.78, 5) is 11.4. The van der Waals surface area contributed by atoms with Crippen LogP contribution in [0.25, 0.3) is 22.0 Å². The first-order valence-electron chi connectivity index (χ1n) is 5.87. The number of aryl methyl sites for hydroxylation is 2. The molecule has 0 saturated carbocycles. The van der Waals surface area contributed by atoms with Crippen molar-refractivity contribution in [3.05, 3.63) is 42.4 Å². The van der Waals surface area contributed by atoms with Crippen molar-refractivity contribution in [2.45, 2.75) is 0 Å². The first-order chi connectivity index (χ1) is 9.06. The number of fused-ring (bicyclic) bond motifs is 1. The van der Waals surface area contributed by atoms with E-state index in [-0.39, 0.29) is 0 Å². The van der Waals surface area contributed by atoms with Gasteiger partial charge in [0.15, 0.2) is 0 Å². The van der Waals surface area contributed by atoms with Gasteiger partial charge in [0.2, 0.25) is 0 Å². The van der Waals surface area contributed by atoms with Crippen LogP contribution in [0.4, 0.5) is 0 Å². The summed E-state index contributed by atoms with van der Waals surface area (Å²) >= 11 is 0. The Balaban J connectivity index is 2.32. The lowest BCUT2D eigenvalue weighted by molar-refractivity contribution is 0.0699. The summed E-state index contributed by atoms with van der Waals surface area (Å²) in [6.45, 7) is 0. The molecule has 3 rings (SSSR count). The molecule has 0 spiro atoms. The Morgan fingerprint density at radius 1 is 1.26 bits per heavy atom. The molecule has 19 heavy (non-hydrogen) atoms.